The Morgan fingerprint density at radius 3 is 2.39 bits per heavy atom. The summed E-state index contributed by atoms with van der Waals surface area (Å²) in [5, 5.41) is 9.49. The Hall–Kier alpha value is -2.11. The maximum absolute atomic E-state index is 12.9. The number of thioether (sulfide) groups is 1. The van der Waals surface area contributed by atoms with Gasteiger partial charge in [-0.3, -0.25) is 19.1 Å². The number of aromatic nitrogens is 1. The number of hydrogen-bond donors (Lipinski definition) is 0. The summed E-state index contributed by atoms with van der Waals surface area (Å²) in [6.45, 7) is 11.8. The fourth-order valence-electron chi connectivity index (χ4n) is 3.27. The van der Waals surface area contributed by atoms with Crippen molar-refractivity contribution in [2.45, 2.75) is 34.6 Å². The van der Waals surface area contributed by atoms with Gasteiger partial charge in [0.05, 0.1) is 4.91 Å². The van der Waals surface area contributed by atoms with Crippen LogP contribution in [0.3, 0.4) is 0 Å². The molecule has 8 heteroatoms. The summed E-state index contributed by atoms with van der Waals surface area (Å²) in [7, 11) is 1.66. The van der Waals surface area contributed by atoms with Gasteiger partial charge in [0.1, 0.15) is 21.8 Å². The predicted octanol–water partition coefficient (Wildman–Crippen LogP) is 3.27. The van der Waals surface area contributed by atoms with Crippen molar-refractivity contribution in [2.75, 3.05) is 24.5 Å². The lowest BCUT2D eigenvalue weighted by Gasteiger charge is -2.27. The molecule has 0 N–H and O–H groups in total. The van der Waals surface area contributed by atoms with Crippen LogP contribution < -0.4 is 10.5 Å². The first-order valence-electron chi connectivity index (χ1n) is 9.31. The van der Waals surface area contributed by atoms with Crippen LogP contribution in [-0.2, 0) is 11.8 Å². The number of rotatable bonds is 6. The molecule has 1 aliphatic rings. The van der Waals surface area contributed by atoms with Crippen LogP contribution in [0.25, 0.3) is 6.08 Å². The number of amides is 1. The van der Waals surface area contributed by atoms with E-state index in [9.17, 15) is 14.9 Å². The van der Waals surface area contributed by atoms with Crippen LogP contribution in [-0.4, -0.2) is 39.3 Å². The summed E-state index contributed by atoms with van der Waals surface area (Å²) >= 11 is 6.66. The second-order valence-corrected chi connectivity index (χ2v) is 8.75. The molecule has 0 aliphatic carbocycles. The largest absolute Gasteiger partial charge is 0.358 e. The average molecular weight is 419 g/mol. The molecule has 0 aromatic carbocycles. The third-order valence-corrected chi connectivity index (χ3v) is 6.11. The highest BCUT2D eigenvalue weighted by Gasteiger charge is 2.33. The van der Waals surface area contributed by atoms with Gasteiger partial charge in [0.15, 0.2) is 0 Å². The van der Waals surface area contributed by atoms with Crippen molar-refractivity contribution in [3.8, 4) is 6.07 Å². The zero-order valence-electron chi connectivity index (χ0n) is 17.2. The smallest absolute Gasteiger partial charge is 0.270 e. The Balaban J connectivity index is 2.71. The molecule has 1 amide bonds. The normalized spacial score (nSPS) is 15.6. The van der Waals surface area contributed by atoms with Gasteiger partial charge in [-0.25, -0.2) is 0 Å². The number of nitrogens with zero attached hydrogens (tertiary/aromatic N) is 4. The maximum Gasteiger partial charge on any atom is 0.270 e. The quantitative estimate of drug-likeness (QED) is 0.522. The van der Waals surface area contributed by atoms with E-state index in [-0.39, 0.29) is 17.0 Å². The van der Waals surface area contributed by atoms with Crippen LogP contribution in [0.4, 0.5) is 5.82 Å². The van der Waals surface area contributed by atoms with Crippen molar-refractivity contribution in [3.63, 3.8) is 0 Å². The zero-order chi connectivity index (χ0) is 21.2. The van der Waals surface area contributed by atoms with Gasteiger partial charge in [-0.05, 0) is 38.3 Å². The third kappa shape index (κ3) is 4.01. The van der Waals surface area contributed by atoms with Gasteiger partial charge in [-0.1, -0.05) is 37.8 Å². The average Bonchev–Trinajstić information content (AvgIpc) is 2.90. The standard InChI is InChI=1S/C20H26N4O2S2/c1-7-23(8-2)17-14(13(5)15(10-21)18(25)22(17)6)9-16-19(26)24(11-12(3)4)20(27)28-16/h9,12H,7-8,11H2,1-6H3. The maximum atomic E-state index is 12.9. The predicted molar refractivity (Wildman–Crippen MR) is 119 cm³/mol. The summed E-state index contributed by atoms with van der Waals surface area (Å²) in [4.78, 5) is 29.7. The van der Waals surface area contributed by atoms with Crippen molar-refractivity contribution >= 4 is 46.1 Å². The van der Waals surface area contributed by atoms with Gasteiger partial charge in [-0.2, -0.15) is 5.26 Å². The van der Waals surface area contributed by atoms with E-state index in [1.807, 2.05) is 33.8 Å². The number of carbonyl (C=O) groups is 1. The lowest BCUT2D eigenvalue weighted by molar-refractivity contribution is -0.122. The number of hydrogen-bond acceptors (Lipinski definition) is 6. The fraction of sp³-hybridized carbons (Fsp3) is 0.500. The van der Waals surface area contributed by atoms with Crippen molar-refractivity contribution in [3.05, 3.63) is 31.9 Å². The molecule has 150 valence electrons. The van der Waals surface area contributed by atoms with Crippen molar-refractivity contribution in [2.24, 2.45) is 13.0 Å². The molecule has 0 atom stereocenters. The highest BCUT2D eigenvalue weighted by atomic mass is 32.2. The molecular weight excluding hydrogens is 392 g/mol. The molecule has 28 heavy (non-hydrogen) atoms. The van der Waals surface area contributed by atoms with Gasteiger partial charge in [-0.15, -0.1) is 0 Å². The molecule has 6 nitrogen and oxygen atoms in total. The molecule has 0 radical (unpaired) electrons. The Morgan fingerprint density at radius 1 is 1.29 bits per heavy atom. The number of nitriles is 1. The molecule has 0 spiro atoms. The first kappa shape index (κ1) is 22.2. The van der Waals surface area contributed by atoms with Crippen LogP contribution in [0, 0.1) is 24.2 Å². The van der Waals surface area contributed by atoms with Crippen LogP contribution >= 0.6 is 24.0 Å². The highest BCUT2D eigenvalue weighted by molar-refractivity contribution is 8.26. The number of carbonyl (C=O) groups excluding carboxylic acids is 1. The van der Waals surface area contributed by atoms with E-state index >= 15 is 0 Å². The lowest BCUT2D eigenvalue weighted by Crippen LogP contribution is -2.33. The van der Waals surface area contributed by atoms with Crippen LogP contribution in [0.2, 0.25) is 0 Å². The van der Waals surface area contributed by atoms with Crippen LogP contribution in [0.15, 0.2) is 9.70 Å². The van der Waals surface area contributed by atoms with E-state index in [2.05, 4.69) is 4.90 Å². The molecular formula is C20H26N4O2S2. The van der Waals surface area contributed by atoms with Crippen molar-refractivity contribution in [1.29, 1.82) is 5.26 Å². The molecule has 0 unspecified atom stereocenters. The highest BCUT2D eigenvalue weighted by Crippen LogP contribution is 2.35. The molecule has 2 rings (SSSR count). The van der Waals surface area contributed by atoms with E-state index in [0.29, 0.717) is 51.7 Å². The topological polar surface area (TPSA) is 69.3 Å². The molecule has 0 bridgehead atoms. The van der Waals surface area contributed by atoms with Crippen molar-refractivity contribution in [1.82, 2.24) is 9.47 Å². The number of pyridine rings is 1. The first-order valence-corrected chi connectivity index (χ1v) is 10.5. The van der Waals surface area contributed by atoms with E-state index < -0.39 is 0 Å². The van der Waals surface area contributed by atoms with Crippen molar-refractivity contribution < 1.29 is 4.79 Å². The molecule has 1 aromatic rings. The summed E-state index contributed by atoms with van der Waals surface area (Å²) in [5.41, 5.74) is 1.07. The first-order chi connectivity index (χ1) is 13.2. The lowest BCUT2D eigenvalue weighted by atomic mass is 10.0. The second-order valence-electron chi connectivity index (χ2n) is 7.07. The minimum absolute atomic E-state index is 0.0994. The van der Waals surface area contributed by atoms with E-state index in [4.69, 9.17) is 12.2 Å². The van der Waals surface area contributed by atoms with Gasteiger partial charge in [0.2, 0.25) is 0 Å². The minimum Gasteiger partial charge on any atom is -0.358 e. The molecule has 1 saturated heterocycles. The van der Waals surface area contributed by atoms with Gasteiger partial charge in [0, 0.05) is 32.2 Å². The van der Waals surface area contributed by atoms with Gasteiger partial charge in [0.25, 0.3) is 11.5 Å². The fourth-order valence-corrected chi connectivity index (χ4v) is 4.53. The minimum atomic E-state index is -0.327. The summed E-state index contributed by atoms with van der Waals surface area (Å²) < 4.78 is 2.04. The Labute approximate surface area is 175 Å². The Kier molecular flexibility index (Phi) is 7.07. The second kappa shape index (κ2) is 8.93. The van der Waals surface area contributed by atoms with Crippen LogP contribution in [0.1, 0.15) is 44.4 Å². The van der Waals surface area contributed by atoms with Gasteiger partial charge >= 0.3 is 0 Å². The summed E-state index contributed by atoms with van der Waals surface area (Å²) in [6.07, 6.45) is 1.78. The van der Waals surface area contributed by atoms with Gasteiger partial charge < -0.3 is 4.90 Å². The third-order valence-electron chi connectivity index (χ3n) is 4.73. The molecule has 2 heterocycles. The molecule has 1 aliphatic heterocycles. The molecule has 1 fully saturated rings. The summed E-state index contributed by atoms with van der Waals surface area (Å²) in [5.74, 6) is 0.888. The molecule has 1 aromatic heterocycles. The van der Waals surface area contributed by atoms with Crippen LogP contribution in [0.5, 0.6) is 0 Å². The number of thiocarbonyl (C=S) groups is 1. The Bertz CT molecular complexity index is 937. The monoisotopic (exact) mass is 418 g/mol. The zero-order valence-corrected chi connectivity index (χ0v) is 18.8. The van der Waals surface area contributed by atoms with E-state index in [0.717, 1.165) is 0 Å². The SMILES string of the molecule is CCN(CC)c1c(C=C2SC(=S)N(CC(C)C)C2=O)c(C)c(C#N)c(=O)n1C. The van der Waals surface area contributed by atoms with E-state index in [1.54, 1.807) is 24.9 Å². The number of anilines is 1. The van der Waals surface area contributed by atoms with E-state index in [1.165, 1.54) is 16.3 Å². The Morgan fingerprint density at radius 2 is 1.89 bits per heavy atom. The molecule has 0 saturated carbocycles. The summed E-state index contributed by atoms with van der Waals surface area (Å²) in [6, 6.07) is 2.02.